The van der Waals surface area contributed by atoms with Gasteiger partial charge in [-0.15, -0.1) is 0 Å². The van der Waals surface area contributed by atoms with Crippen LogP contribution in [0.15, 0.2) is 76.0 Å². The number of nitrogens with one attached hydrogen (secondary N) is 3. The fourth-order valence-corrected chi connectivity index (χ4v) is 2.59. The number of carbonyl (C=O) groups excluding carboxylic acids is 2. The summed E-state index contributed by atoms with van der Waals surface area (Å²) in [4.78, 5) is 25.1. The van der Waals surface area contributed by atoms with Gasteiger partial charge in [0, 0.05) is 5.69 Å². The van der Waals surface area contributed by atoms with E-state index in [9.17, 15) is 9.59 Å². The first-order valence-corrected chi connectivity index (χ1v) is 8.23. The van der Waals surface area contributed by atoms with Gasteiger partial charge in [-0.3, -0.25) is 10.1 Å². The quantitative estimate of drug-likeness (QED) is 0.604. The number of amides is 3. The number of imide groups is 1. The Hall–Kier alpha value is -3.32. The molecule has 0 bridgehead atoms. The number of para-hydroxylation sites is 1. The normalized spacial score (nSPS) is 10.7. The van der Waals surface area contributed by atoms with E-state index in [2.05, 4.69) is 10.6 Å². The van der Waals surface area contributed by atoms with E-state index in [1.807, 2.05) is 18.2 Å². The minimum atomic E-state index is -0.559. The van der Waals surface area contributed by atoms with Gasteiger partial charge in [0.2, 0.25) is 0 Å². The number of benzene rings is 1. The summed E-state index contributed by atoms with van der Waals surface area (Å²) in [6.45, 7) is 1.10. The van der Waals surface area contributed by atoms with Crippen LogP contribution in [0.3, 0.4) is 0 Å². The molecule has 0 aliphatic rings. The molecule has 0 spiro atoms. The van der Waals surface area contributed by atoms with Crippen LogP contribution in [0.5, 0.6) is 0 Å². The Labute approximate surface area is 150 Å². The van der Waals surface area contributed by atoms with Gasteiger partial charge in [0.1, 0.15) is 13.1 Å². The molecular formula is C19H20N3O4+. The second-order valence-electron chi connectivity index (χ2n) is 5.81. The van der Waals surface area contributed by atoms with Crippen molar-refractivity contribution >= 4 is 17.6 Å². The Kier molecular flexibility index (Phi) is 5.84. The lowest BCUT2D eigenvalue weighted by Crippen LogP contribution is -3.10. The molecule has 7 nitrogen and oxygen atoms in total. The van der Waals surface area contributed by atoms with E-state index in [4.69, 9.17) is 8.83 Å². The van der Waals surface area contributed by atoms with Gasteiger partial charge in [-0.05, 0) is 36.4 Å². The highest BCUT2D eigenvalue weighted by molar-refractivity contribution is 6.01. The molecule has 3 amide bonds. The monoisotopic (exact) mass is 354 g/mol. The third kappa shape index (κ3) is 5.35. The van der Waals surface area contributed by atoms with Crippen LogP contribution in [0.2, 0.25) is 0 Å². The SMILES string of the molecule is O=C(C[NH+](Cc1ccco1)Cc1ccco1)NC(=O)Nc1ccccc1. The maximum atomic E-state index is 12.3. The van der Waals surface area contributed by atoms with Gasteiger partial charge in [-0.2, -0.15) is 0 Å². The van der Waals surface area contributed by atoms with E-state index in [1.54, 1.807) is 48.9 Å². The van der Waals surface area contributed by atoms with Crippen LogP contribution in [-0.4, -0.2) is 18.5 Å². The molecule has 0 aliphatic carbocycles. The number of quaternary nitrogens is 1. The molecule has 26 heavy (non-hydrogen) atoms. The molecule has 3 N–H and O–H groups in total. The molecule has 0 atom stereocenters. The van der Waals surface area contributed by atoms with Gasteiger partial charge < -0.3 is 19.1 Å². The number of hydrogen-bond donors (Lipinski definition) is 3. The van der Waals surface area contributed by atoms with Crippen LogP contribution in [0.1, 0.15) is 11.5 Å². The second-order valence-corrected chi connectivity index (χ2v) is 5.81. The Morgan fingerprint density at radius 2 is 1.46 bits per heavy atom. The average Bonchev–Trinajstić information content (AvgIpc) is 3.29. The highest BCUT2D eigenvalue weighted by Crippen LogP contribution is 2.04. The molecule has 7 heteroatoms. The van der Waals surface area contributed by atoms with E-state index in [0.717, 1.165) is 16.4 Å². The fourth-order valence-electron chi connectivity index (χ4n) is 2.59. The molecule has 0 radical (unpaired) electrons. The number of hydrogen-bond acceptors (Lipinski definition) is 4. The van der Waals surface area contributed by atoms with Crippen LogP contribution in [0, 0.1) is 0 Å². The molecule has 0 aliphatic heterocycles. The van der Waals surface area contributed by atoms with Gasteiger partial charge in [0.15, 0.2) is 18.1 Å². The summed E-state index contributed by atoms with van der Waals surface area (Å²) in [5, 5.41) is 4.97. The molecule has 2 aromatic heterocycles. The molecule has 3 aromatic rings. The molecule has 0 fully saturated rings. The lowest BCUT2D eigenvalue weighted by atomic mass is 10.3. The molecule has 0 saturated heterocycles. The topological polar surface area (TPSA) is 88.9 Å². The summed E-state index contributed by atoms with van der Waals surface area (Å²) < 4.78 is 10.7. The standard InChI is InChI=1S/C19H19N3O4/c23-18(21-19(24)20-15-6-2-1-3-7-15)14-22(12-16-8-4-10-25-16)13-17-9-5-11-26-17/h1-11H,12-14H2,(H2,20,21,23,24)/p+1. The van der Waals surface area contributed by atoms with Crippen molar-refractivity contribution in [3.63, 3.8) is 0 Å². The zero-order valence-electron chi connectivity index (χ0n) is 14.1. The predicted octanol–water partition coefficient (Wildman–Crippen LogP) is 1.81. The molecule has 1 aromatic carbocycles. The van der Waals surface area contributed by atoms with E-state index < -0.39 is 6.03 Å². The van der Waals surface area contributed by atoms with Crippen LogP contribution in [0.25, 0.3) is 0 Å². The van der Waals surface area contributed by atoms with Gasteiger partial charge in [0.05, 0.1) is 12.5 Å². The summed E-state index contributed by atoms with van der Waals surface area (Å²) in [5.41, 5.74) is 0.619. The minimum absolute atomic E-state index is 0.101. The van der Waals surface area contributed by atoms with Crippen LogP contribution >= 0.6 is 0 Å². The zero-order chi connectivity index (χ0) is 18.2. The maximum Gasteiger partial charge on any atom is 0.326 e. The summed E-state index contributed by atoms with van der Waals surface area (Å²) >= 11 is 0. The lowest BCUT2D eigenvalue weighted by Gasteiger charge is -2.16. The highest BCUT2D eigenvalue weighted by Gasteiger charge is 2.19. The van der Waals surface area contributed by atoms with Crippen molar-refractivity contribution in [3.05, 3.63) is 78.6 Å². The molecule has 134 valence electrons. The summed E-state index contributed by atoms with van der Waals surface area (Å²) in [5.74, 6) is 1.13. The van der Waals surface area contributed by atoms with Crippen LogP contribution < -0.4 is 15.5 Å². The van der Waals surface area contributed by atoms with Gasteiger partial charge in [-0.1, -0.05) is 18.2 Å². The number of rotatable bonds is 7. The third-order valence-electron chi connectivity index (χ3n) is 3.70. The first kappa shape index (κ1) is 17.5. The van der Waals surface area contributed by atoms with E-state index in [1.165, 1.54) is 0 Å². The van der Waals surface area contributed by atoms with E-state index in [-0.39, 0.29) is 12.5 Å². The number of anilines is 1. The van der Waals surface area contributed by atoms with Crippen LogP contribution in [-0.2, 0) is 17.9 Å². The number of carbonyl (C=O) groups is 2. The van der Waals surface area contributed by atoms with Gasteiger partial charge in [-0.25, -0.2) is 4.79 Å². The van der Waals surface area contributed by atoms with Crippen molar-refractivity contribution in [1.29, 1.82) is 0 Å². The highest BCUT2D eigenvalue weighted by atomic mass is 16.3. The average molecular weight is 354 g/mol. The maximum absolute atomic E-state index is 12.3. The van der Waals surface area contributed by atoms with Gasteiger partial charge in [0.25, 0.3) is 5.91 Å². The number of furan rings is 2. The van der Waals surface area contributed by atoms with Crippen molar-refractivity contribution in [2.45, 2.75) is 13.1 Å². The lowest BCUT2D eigenvalue weighted by molar-refractivity contribution is -0.921. The minimum Gasteiger partial charge on any atom is -0.463 e. The molecular weight excluding hydrogens is 334 g/mol. The van der Waals surface area contributed by atoms with Gasteiger partial charge >= 0.3 is 6.03 Å². The summed E-state index contributed by atoms with van der Waals surface area (Å²) in [7, 11) is 0. The Balaban J connectivity index is 1.56. The molecule has 0 unspecified atom stereocenters. The predicted molar refractivity (Wildman–Crippen MR) is 94.3 cm³/mol. The fraction of sp³-hybridized carbons (Fsp3) is 0.158. The van der Waals surface area contributed by atoms with E-state index in [0.29, 0.717) is 18.8 Å². The van der Waals surface area contributed by atoms with Crippen molar-refractivity contribution in [1.82, 2.24) is 5.32 Å². The van der Waals surface area contributed by atoms with Crippen molar-refractivity contribution < 1.29 is 23.3 Å². The number of urea groups is 1. The zero-order valence-corrected chi connectivity index (χ0v) is 14.1. The Morgan fingerprint density at radius 1 is 0.846 bits per heavy atom. The van der Waals surface area contributed by atoms with E-state index >= 15 is 0 Å². The summed E-state index contributed by atoms with van der Waals surface area (Å²) in [6, 6.07) is 15.7. The second kappa shape index (κ2) is 8.68. The van der Waals surface area contributed by atoms with Crippen molar-refractivity contribution in [3.8, 4) is 0 Å². The van der Waals surface area contributed by atoms with Crippen molar-refractivity contribution in [2.75, 3.05) is 11.9 Å². The first-order chi connectivity index (χ1) is 12.7. The molecule has 2 heterocycles. The van der Waals surface area contributed by atoms with Crippen molar-refractivity contribution in [2.24, 2.45) is 0 Å². The van der Waals surface area contributed by atoms with Crippen LogP contribution in [0.4, 0.5) is 10.5 Å². The largest absolute Gasteiger partial charge is 0.463 e. The molecule has 0 saturated carbocycles. The third-order valence-corrected chi connectivity index (χ3v) is 3.70. The first-order valence-electron chi connectivity index (χ1n) is 8.23. The Morgan fingerprint density at radius 3 is 2.00 bits per heavy atom. The Bertz CT molecular complexity index is 778. The summed E-state index contributed by atoms with van der Waals surface area (Å²) in [6.07, 6.45) is 3.18. The molecule has 3 rings (SSSR count). The smallest absolute Gasteiger partial charge is 0.326 e.